The SMILES string of the molecule is CC1(C)CC(=O)C2=C(C1)N(CC(=O)O)C1=C(C(=O)CC(C)(C)C1)C2c1ccc(OCc2ccc(Cl)cc2Cl)c(Br)c1. The van der Waals surface area contributed by atoms with Gasteiger partial charge >= 0.3 is 5.97 Å². The molecule has 0 aromatic heterocycles. The summed E-state index contributed by atoms with van der Waals surface area (Å²) >= 11 is 16.0. The van der Waals surface area contributed by atoms with E-state index in [0.29, 0.717) is 57.1 Å². The second-order valence-corrected chi connectivity index (χ2v) is 14.4. The molecule has 0 bridgehead atoms. The molecule has 216 valence electrons. The van der Waals surface area contributed by atoms with Crippen molar-refractivity contribution in [2.24, 2.45) is 10.8 Å². The average molecular weight is 661 g/mol. The normalized spacial score (nSPS) is 20.2. The predicted octanol–water partition coefficient (Wildman–Crippen LogP) is 8.11. The summed E-state index contributed by atoms with van der Waals surface area (Å²) in [5, 5.41) is 10.9. The van der Waals surface area contributed by atoms with Gasteiger partial charge in [-0.15, -0.1) is 0 Å². The number of carbonyl (C=O) groups is 3. The minimum absolute atomic E-state index is 0.0466. The van der Waals surface area contributed by atoms with E-state index in [9.17, 15) is 19.5 Å². The number of benzene rings is 2. The van der Waals surface area contributed by atoms with Crippen LogP contribution in [-0.2, 0) is 21.0 Å². The van der Waals surface area contributed by atoms with Gasteiger partial charge in [0.1, 0.15) is 18.9 Å². The first-order valence-corrected chi connectivity index (χ1v) is 15.1. The van der Waals surface area contributed by atoms with Crippen molar-refractivity contribution in [1.29, 1.82) is 0 Å². The number of ketones is 2. The molecule has 9 heteroatoms. The molecular weight excluding hydrogens is 629 g/mol. The zero-order valence-electron chi connectivity index (χ0n) is 23.4. The number of carbonyl (C=O) groups excluding carboxylic acids is 2. The van der Waals surface area contributed by atoms with Gasteiger partial charge in [-0.25, -0.2) is 0 Å². The van der Waals surface area contributed by atoms with E-state index in [1.54, 1.807) is 17.0 Å². The molecule has 1 N–H and O–H groups in total. The minimum atomic E-state index is -1.00. The fraction of sp³-hybridized carbons (Fsp3) is 0.406. The Bertz CT molecular complexity index is 1490. The first-order chi connectivity index (χ1) is 19.2. The number of aliphatic carboxylic acids is 1. The topological polar surface area (TPSA) is 83.9 Å². The molecule has 2 aromatic carbocycles. The highest BCUT2D eigenvalue weighted by Gasteiger charge is 2.49. The molecule has 0 saturated carbocycles. The maximum Gasteiger partial charge on any atom is 0.323 e. The summed E-state index contributed by atoms with van der Waals surface area (Å²) in [4.78, 5) is 41.4. The van der Waals surface area contributed by atoms with Crippen LogP contribution in [-0.4, -0.2) is 34.1 Å². The van der Waals surface area contributed by atoms with Crippen molar-refractivity contribution in [3.05, 3.63) is 84.6 Å². The van der Waals surface area contributed by atoms with Gasteiger partial charge in [-0.3, -0.25) is 14.4 Å². The first kappa shape index (κ1) is 29.9. The van der Waals surface area contributed by atoms with Crippen LogP contribution in [0.15, 0.2) is 63.4 Å². The summed E-state index contributed by atoms with van der Waals surface area (Å²) in [5.74, 6) is -1.09. The van der Waals surface area contributed by atoms with E-state index in [2.05, 4.69) is 15.9 Å². The molecule has 1 heterocycles. The Kier molecular flexibility index (Phi) is 7.94. The third-order valence-electron chi connectivity index (χ3n) is 8.00. The van der Waals surface area contributed by atoms with Gasteiger partial charge in [0, 0.05) is 56.9 Å². The smallest absolute Gasteiger partial charge is 0.323 e. The highest BCUT2D eigenvalue weighted by Crippen LogP contribution is 2.54. The van der Waals surface area contributed by atoms with E-state index in [-0.39, 0.29) is 35.5 Å². The second kappa shape index (κ2) is 10.9. The van der Waals surface area contributed by atoms with Crippen molar-refractivity contribution < 1.29 is 24.2 Å². The van der Waals surface area contributed by atoms with Crippen LogP contribution in [0.2, 0.25) is 10.0 Å². The number of hydrogen-bond acceptors (Lipinski definition) is 5. The second-order valence-electron chi connectivity index (χ2n) is 12.7. The van der Waals surface area contributed by atoms with E-state index in [1.807, 2.05) is 52.0 Å². The van der Waals surface area contributed by atoms with Crippen molar-refractivity contribution in [1.82, 2.24) is 4.90 Å². The van der Waals surface area contributed by atoms with E-state index < -0.39 is 11.9 Å². The number of Topliss-reactive ketones (excluding diaryl/α,β-unsaturated/α-hetero) is 2. The van der Waals surface area contributed by atoms with Gasteiger partial charge in [-0.1, -0.05) is 63.0 Å². The molecule has 0 fully saturated rings. The van der Waals surface area contributed by atoms with Gasteiger partial charge in [0.2, 0.25) is 0 Å². The fourth-order valence-corrected chi connectivity index (χ4v) is 7.29. The molecule has 0 spiro atoms. The molecule has 1 aliphatic heterocycles. The number of carboxylic acid groups (broad SMARTS) is 1. The molecule has 2 aromatic rings. The zero-order chi connectivity index (χ0) is 29.9. The molecule has 0 amide bonds. The van der Waals surface area contributed by atoms with Gasteiger partial charge in [0.05, 0.1) is 4.47 Å². The number of allylic oxidation sites excluding steroid dienone is 4. The van der Waals surface area contributed by atoms with Gasteiger partial charge < -0.3 is 14.7 Å². The number of nitrogens with zero attached hydrogens (tertiary/aromatic N) is 1. The molecule has 0 saturated heterocycles. The van der Waals surface area contributed by atoms with Crippen molar-refractivity contribution >= 4 is 56.7 Å². The molecular formula is C32H32BrCl2NO5. The van der Waals surface area contributed by atoms with Crippen LogP contribution in [0, 0.1) is 10.8 Å². The lowest BCUT2D eigenvalue weighted by molar-refractivity contribution is -0.138. The van der Waals surface area contributed by atoms with Crippen molar-refractivity contribution in [2.75, 3.05) is 6.54 Å². The monoisotopic (exact) mass is 659 g/mol. The number of halogens is 3. The lowest BCUT2D eigenvalue weighted by Gasteiger charge is -2.48. The molecule has 3 aliphatic rings. The van der Waals surface area contributed by atoms with Crippen molar-refractivity contribution in [3.8, 4) is 5.75 Å². The van der Waals surface area contributed by atoms with Crippen molar-refractivity contribution in [3.63, 3.8) is 0 Å². The number of carboxylic acids is 1. The summed E-state index contributed by atoms with van der Waals surface area (Å²) in [6.07, 6.45) is 1.76. The van der Waals surface area contributed by atoms with E-state index in [1.165, 1.54) is 0 Å². The van der Waals surface area contributed by atoms with Crippen LogP contribution in [0.25, 0.3) is 0 Å². The van der Waals surface area contributed by atoms with Gasteiger partial charge in [-0.05, 0) is 69.4 Å². The number of ether oxygens (including phenoxy) is 1. The average Bonchev–Trinajstić information content (AvgIpc) is 2.83. The molecule has 0 atom stereocenters. The maximum absolute atomic E-state index is 13.8. The highest BCUT2D eigenvalue weighted by atomic mass is 79.9. The number of hydrogen-bond donors (Lipinski definition) is 1. The Hall–Kier alpha value is -2.61. The quantitative estimate of drug-likeness (QED) is 0.337. The fourth-order valence-electron chi connectivity index (χ4n) is 6.32. The van der Waals surface area contributed by atoms with Crippen LogP contribution in [0.1, 0.15) is 70.4 Å². The summed E-state index contributed by atoms with van der Waals surface area (Å²) in [7, 11) is 0. The third-order valence-corrected chi connectivity index (χ3v) is 9.21. The molecule has 5 rings (SSSR count). The standard InChI is InChI=1S/C32H32BrCl2NO5/c1-31(2)11-22-29(24(37)13-31)28(30-23(36(22)15-27(39)40)12-32(3,4)14-25(30)38)17-6-8-26(20(33)9-17)41-16-18-5-7-19(34)10-21(18)35/h5-10,28H,11-16H2,1-4H3,(H,39,40). The molecule has 0 unspecified atom stereocenters. The van der Waals surface area contributed by atoms with Crippen LogP contribution in [0.5, 0.6) is 5.75 Å². The Morgan fingerprint density at radius 2 is 1.54 bits per heavy atom. The molecule has 41 heavy (non-hydrogen) atoms. The summed E-state index contributed by atoms with van der Waals surface area (Å²) < 4.78 is 6.72. The molecule has 6 nitrogen and oxygen atoms in total. The van der Waals surface area contributed by atoms with Gasteiger partial charge in [0.15, 0.2) is 11.6 Å². The number of rotatable bonds is 6. The van der Waals surface area contributed by atoms with Crippen LogP contribution < -0.4 is 4.74 Å². The minimum Gasteiger partial charge on any atom is -0.488 e. The molecule has 2 aliphatic carbocycles. The molecule has 0 radical (unpaired) electrons. The summed E-state index contributed by atoms with van der Waals surface area (Å²) in [5.41, 5.74) is 3.42. The van der Waals surface area contributed by atoms with Gasteiger partial charge in [0.25, 0.3) is 0 Å². The third kappa shape index (κ3) is 5.99. The van der Waals surface area contributed by atoms with Gasteiger partial charge in [-0.2, -0.15) is 0 Å². The Morgan fingerprint density at radius 1 is 0.951 bits per heavy atom. The van der Waals surface area contributed by atoms with Crippen LogP contribution >= 0.6 is 39.1 Å². The van der Waals surface area contributed by atoms with E-state index in [4.69, 9.17) is 27.9 Å². The Balaban J connectivity index is 1.60. The van der Waals surface area contributed by atoms with Crippen LogP contribution in [0.4, 0.5) is 0 Å². The highest BCUT2D eigenvalue weighted by molar-refractivity contribution is 9.10. The summed E-state index contributed by atoms with van der Waals surface area (Å²) in [6.45, 7) is 8.04. The Labute approximate surface area is 258 Å². The predicted molar refractivity (Wildman–Crippen MR) is 162 cm³/mol. The zero-order valence-corrected chi connectivity index (χ0v) is 26.5. The first-order valence-electron chi connectivity index (χ1n) is 13.5. The Morgan fingerprint density at radius 3 is 2.05 bits per heavy atom. The lowest BCUT2D eigenvalue weighted by atomic mass is 9.63. The van der Waals surface area contributed by atoms with E-state index in [0.717, 1.165) is 22.5 Å². The van der Waals surface area contributed by atoms with Crippen LogP contribution in [0.3, 0.4) is 0 Å². The maximum atomic E-state index is 13.8. The van der Waals surface area contributed by atoms with Crippen molar-refractivity contribution in [2.45, 2.75) is 65.9 Å². The summed E-state index contributed by atoms with van der Waals surface area (Å²) in [6, 6.07) is 10.8. The van der Waals surface area contributed by atoms with E-state index >= 15 is 0 Å². The lowest BCUT2D eigenvalue weighted by Crippen LogP contribution is -2.45. The largest absolute Gasteiger partial charge is 0.488 e.